The van der Waals surface area contributed by atoms with Crippen molar-refractivity contribution in [2.24, 2.45) is 0 Å². The molecule has 3 heterocycles. The summed E-state index contributed by atoms with van der Waals surface area (Å²) in [6, 6.07) is 14.5. The number of hydrogen-bond acceptors (Lipinski definition) is 4. The Kier molecular flexibility index (Phi) is 5.08. The summed E-state index contributed by atoms with van der Waals surface area (Å²) in [5.41, 5.74) is 2.40. The molecule has 0 aliphatic carbocycles. The number of amides is 2. The maximum absolute atomic E-state index is 12.8. The zero-order chi connectivity index (χ0) is 19.5. The molecule has 1 N–H and O–H groups in total. The molecule has 0 saturated heterocycles. The summed E-state index contributed by atoms with van der Waals surface area (Å²) in [6.07, 6.45) is 1.67. The van der Waals surface area contributed by atoms with E-state index >= 15 is 0 Å². The smallest absolute Gasteiger partial charge is 0.272 e. The molecular weight excluding hydrogens is 378 g/mol. The fraction of sp³-hybridized carbons (Fsp3) is 0.200. The number of pyridine rings is 1. The van der Waals surface area contributed by atoms with Gasteiger partial charge in [0.2, 0.25) is 0 Å². The number of nitrogens with one attached hydrogen (secondary N) is 1. The van der Waals surface area contributed by atoms with E-state index in [1.807, 2.05) is 30.3 Å². The van der Waals surface area contributed by atoms with Crippen molar-refractivity contribution in [3.05, 3.63) is 82.4 Å². The molecule has 0 radical (unpaired) electrons. The average molecular weight is 396 g/mol. The number of halogens is 1. The lowest BCUT2D eigenvalue weighted by molar-refractivity contribution is 0.0683. The Morgan fingerprint density at radius 2 is 1.96 bits per heavy atom. The Hall–Kier alpha value is -3.19. The second kappa shape index (κ2) is 7.82. The molecule has 0 unspecified atom stereocenters. The number of rotatable bonds is 5. The molecule has 0 fully saturated rings. The van der Waals surface area contributed by atoms with Crippen molar-refractivity contribution in [2.45, 2.75) is 19.6 Å². The van der Waals surface area contributed by atoms with Crippen LogP contribution in [0.1, 0.15) is 32.2 Å². The first-order valence-corrected chi connectivity index (χ1v) is 9.27. The van der Waals surface area contributed by atoms with Gasteiger partial charge in [-0.25, -0.2) is 0 Å². The van der Waals surface area contributed by atoms with E-state index in [9.17, 15) is 9.59 Å². The molecule has 0 atom stereocenters. The number of carbonyl (C=O) groups is 2. The summed E-state index contributed by atoms with van der Waals surface area (Å²) in [5.74, 6) is -0.470. The first-order chi connectivity index (χ1) is 13.6. The average Bonchev–Trinajstić information content (AvgIpc) is 3.16. The summed E-state index contributed by atoms with van der Waals surface area (Å²) in [4.78, 5) is 31.1. The molecule has 2 amide bonds. The maximum atomic E-state index is 12.8. The van der Waals surface area contributed by atoms with Crippen molar-refractivity contribution in [3.63, 3.8) is 0 Å². The predicted molar refractivity (Wildman–Crippen MR) is 104 cm³/mol. The molecule has 7 nitrogen and oxygen atoms in total. The molecule has 4 rings (SSSR count). The van der Waals surface area contributed by atoms with Crippen molar-refractivity contribution in [1.29, 1.82) is 0 Å². The van der Waals surface area contributed by atoms with Gasteiger partial charge in [-0.15, -0.1) is 0 Å². The Balaban J connectivity index is 1.44. The molecule has 0 bridgehead atoms. The van der Waals surface area contributed by atoms with Gasteiger partial charge in [0.05, 0.1) is 18.8 Å². The molecule has 1 aliphatic rings. The number of fused-ring (bicyclic) bond motifs is 1. The SMILES string of the molecule is O=C(NCc1ccccn1)c1cc2n(n1)CCN(Cc1ccc(Cl)cc1)C2=O. The minimum absolute atomic E-state index is 0.141. The van der Waals surface area contributed by atoms with Gasteiger partial charge < -0.3 is 10.2 Å². The number of hydrogen-bond donors (Lipinski definition) is 1. The van der Waals surface area contributed by atoms with Crippen LogP contribution >= 0.6 is 11.6 Å². The van der Waals surface area contributed by atoms with E-state index in [0.29, 0.717) is 36.9 Å². The Bertz CT molecular complexity index is 1000. The zero-order valence-electron chi connectivity index (χ0n) is 15.0. The third-order valence-corrected chi connectivity index (χ3v) is 4.80. The van der Waals surface area contributed by atoms with Crippen molar-refractivity contribution in [2.75, 3.05) is 6.54 Å². The van der Waals surface area contributed by atoms with Crippen LogP contribution in [0.4, 0.5) is 0 Å². The van der Waals surface area contributed by atoms with Gasteiger partial charge in [0.15, 0.2) is 5.69 Å². The first kappa shape index (κ1) is 18.2. The fourth-order valence-electron chi connectivity index (χ4n) is 3.07. The lowest BCUT2D eigenvalue weighted by atomic mass is 10.2. The van der Waals surface area contributed by atoms with E-state index < -0.39 is 0 Å². The van der Waals surface area contributed by atoms with Crippen LogP contribution < -0.4 is 5.32 Å². The van der Waals surface area contributed by atoms with Crippen LogP contribution in [0, 0.1) is 0 Å². The van der Waals surface area contributed by atoms with Gasteiger partial charge in [-0.2, -0.15) is 5.10 Å². The summed E-state index contributed by atoms with van der Waals surface area (Å²) >= 11 is 5.91. The second-order valence-electron chi connectivity index (χ2n) is 6.49. The molecule has 142 valence electrons. The Labute approximate surface area is 166 Å². The maximum Gasteiger partial charge on any atom is 0.272 e. The molecule has 0 spiro atoms. The summed E-state index contributed by atoms with van der Waals surface area (Å²) in [7, 11) is 0. The molecule has 1 aromatic carbocycles. The van der Waals surface area contributed by atoms with Crippen LogP contribution in [0.15, 0.2) is 54.7 Å². The highest BCUT2D eigenvalue weighted by Gasteiger charge is 2.27. The third kappa shape index (κ3) is 3.89. The zero-order valence-corrected chi connectivity index (χ0v) is 15.8. The van der Waals surface area contributed by atoms with E-state index in [0.717, 1.165) is 11.3 Å². The van der Waals surface area contributed by atoms with Gasteiger partial charge in [-0.3, -0.25) is 19.3 Å². The van der Waals surface area contributed by atoms with Gasteiger partial charge in [-0.1, -0.05) is 29.8 Å². The number of nitrogens with zero attached hydrogens (tertiary/aromatic N) is 4. The second-order valence-corrected chi connectivity index (χ2v) is 6.93. The lowest BCUT2D eigenvalue weighted by Crippen LogP contribution is -2.39. The topological polar surface area (TPSA) is 80.1 Å². The van der Waals surface area contributed by atoms with Gasteiger partial charge in [0, 0.05) is 30.4 Å². The molecule has 3 aromatic rings. The number of carbonyl (C=O) groups excluding carboxylic acids is 2. The largest absolute Gasteiger partial charge is 0.345 e. The van der Waals surface area contributed by atoms with Gasteiger partial charge >= 0.3 is 0 Å². The van der Waals surface area contributed by atoms with E-state index in [2.05, 4.69) is 15.4 Å². The molecular formula is C20H18ClN5O2. The summed E-state index contributed by atoms with van der Waals surface area (Å²) < 4.78 is 1.59. The van der Waals surface area contributed by atoms with E-state index in [4.69, 9.17) is 11.6 Å². The molecule has 2 aromatic heterocycles. The van der Waals surface area contributed by atoms with Gasteiger partial charge in [0.25, 0.3) is 11.8 Å². The monoisotopic (exact) mass is 395 g/mol. The summed E-state index contributed by atoms with van der Waals surface area (Å²) in [5, 5.41) is 7.73. The van der Waals surface area contributed by atoms with Crippen LogP contribution in [0.5, 0.6) is 0 Å². The van der Waals surface area contributed by atoms with Crippen molar-refractivity contribution in [1.82, 2.24) is 25.0 Å². The highest BCUT2D eigenvalue weighted by atomic mass is 35.5. The highest BCUT2D eigenvalue weighted by molar-refractivity contribution is 6.30. The van der Waals surface area contributed by atoms with Crippen LogP contribution in [-0.4, -0.2) is 38.0 Å². The van der Waals surface area contributed by atoms with Crippen molar-refractivity contribution < 1.29 is 9.59 Å². The van der Waals surface area contributed by atoms with Crippen LogP contribution in [0.25, 0.3) is 0 Å². The van der Waals surface area contributed by atoms with Crippen LogP contribution in [0.3, 0.4) is 0 Å². The highest BCUT2D eigenvalue weighted by Crippen LogP contribution is 2.18. The summed E-state index contributed by atoms with van der Waals surface area (Å²) in [6.45, 7) is 1.87. The van der Waals surface area contributed by atoms with Crippen LogP contribution in [0.2, 0.25) is 5.02 Å². The Morgan fingerprint density at radius 3 is 2.71 bits per heavy atom. The number of benzene rings is 1. The first-order valence-electron chi connectivity index (χ1n) is 8.90. The molecule has 8 heteroatoms. The third-order valence-electron chi connectivity index (χ3n) is 4.54. The molecule has 1 aliphatic heterocycles. The normalized spacial score (nSPS) is 13.3. The minimum atomic E-state index is -0.329. The predicted octanol–water partition coefficient (Wildman–Crippen LogP) is 2.52. The van der Waals surface area contributed by atoms with E-state index in [1.165, 1.54) is 0 Å². The lowest BCUT2D eigenvalue weighted by Gasteiger charge is -2.27. The van der Waals surface area contributed by atoms with Crippen molar-refractivity contribution >= 4 is 23.4 Å². The van der Waals surface area contributed by atoms with Crippen LogP contribution in [-0.2, 0) is 19.6 Å². The molecule has 28 heavy (non-hydrogen) atoms. The molecule has 0 saturated carbocycles. The van der Waals surface area contributed by atoms with Crippen molar-refractivity contribution in [3.8, 4) is 0 Å². The number of aromatic nitrogens is 3. The standard InChI is InChI=1S/C20H18ClN5O2/c21-15-6-4-14(5-7-15)13-25-9-10-26-18(20(25)28)11-17(24-26)19(27)23-12-16-3-1-2-8-22-16/h1-8,11H,9-10,12-13H2,(H,23,27). The van der Waals surface area contributed by atoms with Gasteiger partial charge in [0.1, 0.15) is 5.69 Å². The van der Waals surface area contributed by atoms with Gasteiger partial charge in [-0.05, 0) is 29.8 Å². The minimum Gasteiger partial charge on any atom is -0.345 e. The fourth-order valence-corrected chi connectivity index (χ4v) is 3.20. The Morgan fingerprint density at radius 1 is 1.14 bits per heavy atom. The van der Waals surface area contributed by atoms with E-state index in [-0.39, 0.29) is 17.5 Å². The quantitative estimate of drug-likeness (QED) is 0.719. The van der Waals surface area contributed by atoms with E-state index in [1.54, 1.807) is 34.0 Å².